The Labute approximate surface area is 77.8 Å². The summed E-state index contributed by atoms with van der Waals surface area (Å²) in [6, 6.07) is 3.76. The highest BCUT2D eigenvalue weighted by Gasteiger charge is 2.08. The zero-order valence-electron chi connectivity index (χ0n) is 7.24. The van der Waals surface area contributed by atoms with Crippen molar-refractivity contribution in [2.75, 3.05) is 0 Å². The Hall–Kier alpha value is -0.960. The molecule has 0 radical (unpaired) electrons. The Morgan fingerprint density at radius 1 is 1.58 bits per heavy atom. The third-order valence-corrected chi connectivity index (χ3v) is 1.87. The molecule has 0 aliphatic heterocycles. The first kappa shape index (κ1) is 9.13. The summed E-state index contributed by atoms with van der Waals surface area (Å²) in [7, 11) is 0. The summed E-state index contributed by atoms with van der Waals surface area (Å²) < 4.78 is 0. The molecule has 1 rings (SSSR count). The molecule has 1 aromatic heterocycles. The monoisotopic (exact) mass is 180 g/mol. The number of pyridine rings is 1. The van der Waals surface area contributed by atoms with Gasteiger partial charge in [-0.1, -0.05) is 26.1 Å². The van der Waals surface area contributed by atoms with Crippen molar-refractivity contribution in [3.8, 4) is 0 Å². The first-order valence-electron chi connectivity index (χ1n) is 3.87. The summed E-state index contributed by atoms with van der Waals surface area (Å²) in [5, 5.41) is 0. The summed E-state index contributed by atoms with van der Waals surface area (Å²) >= 11 is 4.91. The number of aromatic nitrogens is 1. The minimum atomic E-state index is 0.364. The molecule has 0 saturated heterocycles. The predicted octanol–water partition coefficient (Wildman–Crippen LogP) is 1.84. The second-order valence-electron chi connectivity index (χ2n) is 2.96. The molecule has 2 nitrogen and oxygen atoms in total. The molecule has 0 aromatic carbocycles. The zero-order chi connectivity index (χ0) is 9.14. The van der Waals surface area contributed by atoms with Crippen molar-refractivity contribution >= 4 is 17.2 Å². The number of rotatable bonds is 2. The molecule has 3 heteroatoms. The largest absolute Gasteiger partial charge is 0.389 e. The van der Waals surface area contributed by atoms with Crippen LogP contribution in [0.4, 0.5) is 0 Å². The summed E-state index contributed by atoms with van der Waals surface area (Å²) in [5.74, 6) is 0.364. The van der Waals surface area contributed by atoms with Gasteiger partial charge in [0.15, 0.2) is 0 Å². The highest BCUT2D eigenvalue weighted by atomic mass is 32.1. The maximum atomic E-state index is 5.54. The molecule has 2 N–H and O–H groups in total. The van der Waals surface area contributed by atoms with E-state index < -0.39 is 0 Å². The van der Waals surface area contributed by atoms with E-state index in [-0.39, 0.29) is 0 Å². The van der Waals surface area contributed by atoms with Gasteiger partial charge in [0.25, 0.3) is 0 Å². The SMILES string of the molecule is CC(C)c1ncccc1C(N)=S. The average Bonchev–Trinajstić information content (AvgIpc) is 2.04. The lowest BCUT2D eigenvalue weighted by Crippen LogP contribution is -2.13. The fraction of sp³-hybridized carbons (Fsp3) is 0.333. The molecule has 0 unspecified atom stereocenters. The molecule has 0 atom stereocenters. The smallest absolute Gasteiger partial charge is 0.105 e. The Morgan fingerprint density at radius 3 is 2.67 bits per heavy atom. The van der Waals surface area contributed by atoms with E-state index in [9.17, 15) is 0 Å². The van der Waals surface area contributed by atoms with Gasteiger partial charge in [-0.25, -0.2) is 0 Å². The van der Waals surface area contributed by atoms with Crippen molar-refractivity contribution in [2.45, 2.75) is 19.8 Å². The molecule has 64 valence electrons. The summed E-state index contributed by atoms with van der Waals surface area (Å²) in [4.78, 5) is 4.65. The topological polar surface area (TPSA) is 38.9 Å². The molecular weight excluding hydrogens is 168 g/mol. The van der Waals surface area contributed by atoms with E-state index in [1.165, 1.54) is 0 Å². The Bertz CT molecular complexity index is 294. The summed E-state index contributed by atoms with van der Waals surface area (Å²) in [6.07, 6.45) is 1.76. The van der Waals surface area contributed by atoms with Crippen LogP contribution in [0, 0.1) is 0 Å². The maximum Gasteiger partial charge on any atom is 0.105 e. The lowest BCUT2D eigenvalue weighted by molar-refractivity contribution is 0.820. The van der Waals surface area contributed by atoms with E-state index in [2.05, 4.69) is 18.8 Å². The molecule has 1 heterocycles. The van der Waals surface area contributed by atoms with Gasteiger partial charge in [0, 0.05) is 11.8 Å². The third-order valence-electron chi connectivity index (χ3n) is 1.65. The molecule has 0 aliphatic rings. The molecule has 0 spiro atoms. The molecule has 0 amide bonds. The Kier molecular flexibility index (Phi) is 2.76. The molecule has 12 heavy (non-hydrogen) atoms. The second kappa shape index (κ2) is 3.63. The van der Waals surface area contributed by atoms with Crippen molar-refractivity contribution in [1.82, 2.24) is 4.98 Å². The van der Waals surface area contributed by atoms with Gasteiger partial charge in [0.2, 0.25) is 0 Å². The number of thiocarbonyl (C=S) groups is 1. The Morgan fingerprint density at radius 2 is 2.25 bits per heavy atom. The van der Waals surface area contributed by atoms with Crippen molar-refractivity contribution in [3.05, 3.63) is 29.6 Å². The highest BCUT2D eigenvalue weighted by molar-refractivity contribution is 7.80. The molecule has 0 bridgehead atoms. The highest BCUT2D eigenvalue weighted by Crippen LogP contribution is 2.15. The molecule has 0 fully saturated rings. The molecule has 1 aromatic rings. The molecular formula is C9H12N2S. The van der Waals surface area contributed by atoms with Crippen LogP contribution in [0.2, 0.25) is 0 Å². The lowest BCUT2D eigenvalue weighted by Gasteiger charge is -2.08. The molecule has 0 saturated carbocycles. The van der Waals surface area contributed by atoms with Gasteiger partial charge in [-0.3, -0.25) is 4.98 Å². The summed E-state index contributed by atoms with van der Waals surface area (Å²) in [5.41, 5.74) is 7.41. The number of nitrogens with two attached hydrogens (primary N) is 1. The minimum absolute atomic E-state index is 0.364. The predicted molar refractivity (Wildman–Crippen MR) is 54.2 cm³/mol. The van der Waals surface area contributed by atoms with Gasteiger partial charge < -0.3 is 5.73 Å². The number of hydrogen-bond acceptors (Lipinski definition) is 2. The fourth-order valence-corrected chi connectivity index (χ4v) is 1.26. The second-order valence-corrected chi connectivity index (χ2v) is 3.39. The van der Waals surface area contributed by atoms with E-state index >= 15 is 0 Å². The van der Waals surface area contributed by atoms with Gasteiger partial charge in [0.05, 0.1) is 5.69 Å². The first-order valence-corrected chi connectivity index (χ1v) is 4.28. The average molecular weight is 180 g/mol. The normalized spacial score (nSPS) is 10.2. The molecule has 0 aliphatic carbocycles. The van der Waals surface area contributed by atoms with E-state index in [1.807, 2.05) is 12.1 Å². The fourth-order valence-electron chi connectivity index (χ4n) is 1.09. The van der Waals surface area contributed by atoms with Crippen LogP contribution in [-0.2, 0) is 0 Å². The maximum absolute atomic E-state index is 5.54. The minimum Gasteiger partial charge on any atom is -0.389 e. The van der Waals surface area contributed by atoms with Gasteiger partial charge in [-0.2, -0.15) is 0 Å². The van der Waals surface area contributed by atoms with Crippen molar-refractivity contribution < 1.29 is 0 Å². The van der Waals surface area contributed by atoms with E-state index in [1.54, 1.807) is 6.20 Å². The Balaban J connectivity index is 3.17. The van der Waals surface area contributed by atoms with Crippen LogP contribution in [0.3, 0.4) is 0 Å². The van der Waals surface area contributed by atoms with Crippen LogP contribution in [0.15, 0.2) is 18.3 Å². The van der Waals surface area contributed by atoms with E-state index in [0.717, 1.165) is 11.3 Å². The first-order chi connectivity index (χ1) is 5.63. The van der Waals surface area contributed by atoms with Crippen molar-refractivity contribution in [1.29, 1.82) is 0 Å². The van der Waals surface area contributed by atoms with Crippen LogP contribution in [0.5, 0.6) is 0 Å². The van der Waals surface area contributed by atoms with Crippen LogP contribution in [0.1, 0.15) is 31.0 Å². The van der Waals surface area contributed by atoms with Crippen LogP contribution < -0.4 is 5.73 Å². The van der Waals surface area contributed by atoms with Gasteiger partial charge >= 0.3 is 0 Å². The van der Waals surface area contributed by atoms with E-state index in [4.69, 9.17) is 18.0 Å². The number of nitrogens with zero attached hydrogens (tertiary/aromatic N) is 1. The van der Waals surface area contributed by atoms with Gasteiger partial charge in [-0.05, 0) is 18.1 Å². The van der Waals surface area contributed by atoms with Gasteiger partial charge in [0.1, 0.15) is 4.99 Å². The number of hydrogen-bond donors (Lipinski definition) is 1. The zero-order valence-corrected chi connectivity index (χ0v) is 8.06. The van der Waals surface area contributed by atoms with Crippen LogP contribution in [0.25, 0.3) is 0 Å². The quantitative estimate of drug-likeness (QED) is 0.706. The van der Waals surface area contributed by atoms with Crippen LogP contribution >= 0.6 is 12.2 Å². The summed E-state index contributed by atoms with van der Waals surface area (Å²) in [6.45, 7) is 4.15. The third kappa shape index (κ3) is 1.80. The lowest BCUT2D eigenvalue weighted by atomic mass is 10.0. The van der Waals surface area contributed by atoms with Crippen molar-refractivity contribution in [2.24, 2.45) is 5.73 Å². The standard InChI is InChI=1S/C9H12N2S/c1-6(2)8-7(9(10)12)4-3-5-11-8/h3-6H,1-2H3,(H2,10,12). The van der Waals surface area contributed by atoms with Crippen LogP contribution in [-0.4, -0.2) is 9.97 Å². The van der Waals surface area contributed by atoms with Gasteiger partial charge in [-0.15, -0.1) is 0 Å². The van der Waals surface area contributed by atoms with E-state index in [0.29, 0.717) is 10.9 Å². The van der Waals surface area contributed by atoms with Crippen molar-refractivity contribution in [3.63, 3.8) is 0 Å².